The molecule has 3 nitrogen and oxygen atoms in total. The molecule has 0 saturated carbocycles. The van der Waals surface area contributed by atoms with Crippen LogP contribution in [0.5, 0.6) is 5.75 Å². The summed E-state index contributed by atoms with van der Waals surface area (Å²) in [5.74, 6) is 0.938. The Labute approximate surface area is 170 Å². The van der Waals surface area contributed by atoms with Gasteiger partial charge in [0.15, 0.2) is 0 Å². The van der Waals surface area contributed by atoms with Crippen LogP contribution in [0.2, 0.25) is 5.02 Å². The highest BCUT2D eigenvalue weighted by atomic mass is 79.9. The minimum atomic E-state index is 0.562. The van der Waals surface area contributed by atoms with Crippen LogP contribution in [0.4, 0.5) is 0 Å². The number of hydrogen-bond acceptors (Lipinski definition) is 3. The standard InChI is InChI=1S/C21H26BrClN2O/c1-24-10-12-25(13-11-24)9-3-5-18-15-20(23)7-8-21(18)26-16-17-4-2-6-19(22)14-17/h2,4,6-8,14-15H,3,5,9-13,16H2,1H3. The number of piperazine rings is 1. The van der Waals surface area contributed by atoms with E-state index in [1.54, 1.807) is 0 Å². The largest absolute Gasteiger partial charge is 0.489 e. The molecule has 1 aliphatic heterocycles. The first-order valence-corrected chi connectivity index (χ1v) is 10.3. The van der Waals surface area contributed by atoms with Gasteiger partial charge in [0.25, 0.3) is 0 Å². The monoisotopic (exact) mass is 436 g/mol. The van der Waals surface area contributed by atoms with Crippen molar-refractivity contribution in [1.29, 1.82) is 0 Å². The molecule has 0 N–H and O–H groups in total. The van der Waals surface area contributed by atoms with Gasteiger partial charge in [-0.1, -0.05) is 39.7 Å². The Morgan fingerprint density at radius 1 is 1.08 bits per heavy atom. The molecule has 26 heavy (non-hydrogen) atoms. The number of benzene rings is 2. The predicted octanol–water partition coefficient (Wildman–Crippen LogP) is 4.86. The van der Waals surface area contributed by atoms with E-state index in [4.69, 9.17) is 16.3 Å². The maximum absolute atomic E-state index is 6.22. The van der Waals surface area contributed by atoms with E-state index < -0.39 is 0 Å². The van der Waals surface area contributed by atoms with Gasteiger partial charge in [-0.3, -0.25) is 0 Å². The Balaban J connectivity index is 1.55. The fourth-order valence-electron chi connectivity index (χ4n) is 3.24. The van der Waals surface area contributed by atoms with Crippen LogP contribution in [-0.2, 0) is 13.0 Å². The molecule has 0 amide bonds. The third-order valence-corrected chi connectivity index (χ3v) is 5.55. The van der Waals surface area contributed by atoms with Crippen LogP contribution in [0.3, 0.4) is 0 Å². The minimum Gasteiger partial charge on any atom is -0.489 e. The summed E-state index contributed by atoms with van der Waals surface area (Å²) in [6.07, 6.45) is 2.11. The van der Waals surface area contributed by atoms with Crippen molar-refractivity contribution in [3.05, 3.63) is 63.1 Å². The second-order valence-electron chi connectivity index (χ2n) is 6.92. The molecule has 0 radical (unpaired) electrons. The van der Waals surface area contributed by atoms with Crippen LogP contribution in [0, 0.1) is 0 Å². The Hall–Kier alpha value is -1.07. The van der Waals surface area contributed by atoms with Gasteiger partial charge in [-0.15, -0.1) is 0 Å². The molecule has 1 fully saturated rings. The summed E-state index contributed by atoms with van der Waals surface area (Å²) in [5.41, 5.74) is 2.35. The zero-order valence-corrected chi connectivity index (χ0v) is 17.6. The van der Waals surface area contributed by atoms with Crippen LogP contribution in [0.1, 0.15) is 17.5 Å². The molecular formula is C21H26BrClN2O. The molecule has 3 rings (SSSR count). The maximum atomic E-state index is 6.22. The van der Waals surface area contributed by atoms with Crippen LogP contribution < -0.4 is 4.74 Å². The van der Waals surface area contributed by atoms with Gasteiger partial charge in [0.1, 0.15) is 12.4 Å². The van der Waals surface area contributed by atoms with Crippen molar-refractivity contribution >= 4 is 27.5 Å². The van der Waals surface area contributed by atoms with Gasteiger partial charge in [0.05, 0.1) is 0 Å². The molecule has 1 saturated heterocycles. The van der Waals surface area contributed by atoms with Gasteiger partial charge in [-0.05, 0) is 67.9 Å². The predicted molar refractivity (Wildman–Crippen MR) is 112 cm³/mol. The van der Waals surface area contributed by atoms with E-state index in [0.29, 0.717) is 6.61 Å². The Morgan fingerprint density at radius 3 is 2.65 bits per heavy atom. The van der Waals surface area contributed by atoms with E-state index >= 15 is 0 Å². The van der Waals surface area contributed by atoms with E-state index in [9.17, 15) is 0 Å². The Kier molecular flexibility index (Phi) is 7.38. The van der Waals surface area contributed by atoms with Crippen molar-refractivity contribution in [3.8, 4) is 5.75 Å². The highest BCUT2D eigenvalue weighted by Crippen LogP contribution is 2.25. The molecule has 1 aliphatic rings. The summed E-state index contributed by atoms with van der Waals surface area (Å²) in [6.45, 7) is 6.35. The molecule has 140 valence electrons. The van der Waals surface area contributed by atoms with Crippen molar-refractivity contribution < 1.29 is 4.74 Å². The van der Waals surface area contributed by atoms with Gasteiger partial charge in [-0.2, -0.15) is 0 Å². The average Bonchev–Trinajstić information content (AvgIpc) is 2.63. The average molecular weight is 438 g/mol. The molecule has 1 heterocycles. The lowest BCUT2D eigenvalue weighted by Gasteiger charge is -2.32. The highest BCUT2D eigenvalue weighted by Gasteiger charge is 2.13. The molecule has 0 aliphatic carbocycles. The first-order chi connectivity index (χ1) is 12.6. The summed E-state index contributed by atoms with van der Waals surface area (Å²) >= 11 is 9.73. The second-order valence-corrected chi connectivity index (χ2v) is 8.27. The number of nitrogens with zero attached hydrogens (tertiary/aromatic N) is 2. The molecule has 0 spiro atoms. The zero-order valence-electron chi connectivity index (χ0n) is 15.3. The van der Waals surface area contributed by atoms with Crippen molar-refractivity contribution in [2.45, 2.75) is 19.4 Å². The lowest BCUT2D eigenvalue weighted by atomic mass is 10.1. The molecular weight excluding hydrogens is 412 g/mol. The molecule has 0 unspecified atom stereocenters. The molecule has 0 aromatic heterocycles. The zero-order chi connectivity index (χ0) is 18.4. The smallest absolute Gasteiger partial charge is 0.123 e. The van der Waals surface area contributed by atoms with E-state index in [0.717, 1.165) is 66.4 Å². The molecule has 5 heteroatoms. The van der Waals surface area contributed by atoms with E-state index in [-0.39, 0.29) is 0 Å². The molecule has 0 bridgehead atoms. The van der Waals surface area contributed by atoms with Gasteiger partial charge in [-0.25, -0.2) is 0 Å². The van der Waals surface area contributed by atoms with E-state index in [2.05, 4.69) is 44.9 Å². The quantitative estimate of drug-likeness (QED) is 0.615. The summed E-state index contributed by atoms with van der Waals surface area (Å²) in [4.78, 5) is 4.94. The third kappa shape index (κ3) is 5.98. The van der Waals surface area contributed by atoms with Crippen LogP contribution >= 0.6 is 27.5 Å². The van der Waals surface area contributed by atoms with Gasteiger partial charge < -0.3 is 14.5 Å². The molecule has 2 aromatic carbocycles. The third-order valence-electron chi connectivity index (χ3n) is 4.82. The summed E-state index contributed by atoms with van der Waals surface area (Å²) in [5, 5.41) is 0.773. The van der Waals surface area contributed by atoms with Crippen LogP contribution in [0.15, 0.2) is 46.9 Å². The van der Waals surface area contributed by atoms with Crippen LogP contribution in [-0.4, -0.2) is 49.6 Å². The lowest BCUT2D eigenvalue weighted by molar-refractivity contribution is 0.153. The van der Waals surface area contributed by atoms with Gasteiger partial charge in [0, 0.05) is 35.7 Å². The maximum Gasteiger partial charge on any atom is 0.123 e. The van der Waals surface area contributed by atoms with Crippen LogP contribution in [0.25, 0.3) is 0 Å². The summed E-state index contributed by atoms with van der Waals surface area (Å²) < 4.78 is 7.16. The van der Waals surface area contributed by atoms with Gasteiger partial charge in [0.2, 0.25) is 0 Å². The lowest BCUT2D eigenvalue weighted by Crippen LogP contribution is -2.44. The Bertz CT molecular complexity index is 717. The number of halogens is 2. The Morgan fingerprint density at radius 2 is 1.88 bits per heavy atom. The first kappa shape index (κ1) is 19.7. The SMILES string of the molecule is CN1CCN(CCCc2cc(Cl)ccc2OCc2cccc(Br)c2)CC1. The number of aryl methyl sites for hydroxylation is 1. The number of likely N-dealkylation sites (N-methyl/N-ethyl adjacent to an activating group) is 1. The topological polar surface area (TPSA) is 15.7 Å². The fraction of sp³-hybridized carbons (Fsp3) is 0.429. The molecule has 2 aromatic rings. The number of ether oxygens (including phenoxy) is 1. The second kappa shape index (κ2) is 9.75. The molecule has 0 atom stereocenters. The van der Waals surface area contributed by atoms with E-state index in [1.165, 1.54) is 5.56 Å². The van der Waals surface area contributed by atoms with Crippen molar-refractivity contribution in [2.75, 3.05) is 39.8 Å². The highest BCUT2D eigenvalue weighted by molar-refractivity contribution is 9.10. The summed E-state index contributed by atoms with van der Waals surface area (Å²) in [7, 11) is 2.19. The van der Waals surface area contributed by atoms with Crippen molar-refractivity contribution in [1.82, 2.24) is 9.80 Å². The fourth-order valence-corrected chi connectivity index (χ4v) is 3.88. The normalized spacial score (nSPS) is 16.0. The van der Waals surface area contributed by atoms with Gasteiger partial charge >= 0.3 is 0 Å². The van der Waals surface area contributed by atoms with Crippen molar-refractivity contribution in [3.63, 3.8) is 0 Å². The first-order valence-electron chi connectivity index (χ1n) is 9.17. The minimum absolute atomic E-state index is 0.562. The van der Waals surface area contributed by atoms with E-state index in [1.807, 2.05) is 30.3 Å². The summed E-state index contributed by atoms with van der Waals surface area (Å²) in [6, 6.07) is 14.2. The number of hydrogen-bond donors (Lipinski definition) is 0. The number of rotatable bonds is 7. The van der Waals surface area contributed by atoms with Crippen molar-refractivity contribution in [2.24, 2.45) is 0 Å².